The molecule has 1 fully saturated rings. The molecule has 1 aromatic rings. The third kappa shape index (κ3) is 4.04. The summed E-state index contributed by atoms with van der Waals surface area (Å²) < 4.78 is 5.76. The van der Waals surface area contributed by atoms with Gasteiger partial charge in [-0.25, -0.2) is 9.97 Å². The van der Waals surface area contributed by atoms with Crippen molar-refractivity contribution in [2.24, 2.45) is 0 Å². The van der Waals surface area contributed by atoms with E-state index in [0.29, 0.717) is 5.82 Å². The molecule has 0 aromatic carbocycles. The van der Waals surface area contributed by atoms with Crippen LogP contribution in [0.5, 0.6) is 0 Å². The molecule has 2 heterocycles. The Kier molecular flexibility index (Phi) is 4.68. The molecule has 2 rings (SSSR count). The van der Waals surface area contributed by atoms with E-state index in [4.69, 9.17) is 10.5 Å². The molecule has 0 saturated carbocycles. The van der Waals surface area contributed by atoms with Crippen molar-refractivity contribution in [1.82, 2.24) is 14.9 Å². The molecule has 6 nitrogen and oxygen atoms in total. The van der Waals surface area contributed by atoms with Crippen LogP contribution in [-0.2, 0) is 10.2 Å². The molecule has 0 bridgehead atoms. The molecule has 1 aliphatic rings. The van der Waals surface area contributed by atoms with Gasteiger partial charge in [0, 0.05) is 30.6 Å². The Labute approximate surface area is 127 Å². The van der Waals surface area contributed by atoms with Crippen molar-refractivity contribution < 1.29 is 4.74 Å². The lowest BCUT2D eigenvalue weighted by Crippen LogP contribution is -2.43. The minimum Gasteiger partial charge on any atom is -0.383 e. The highest BCUT2D eigenvalue weighted by atomic mass is 16.5. The highest BCUT2D eigenvalue weighted by Gasteiger charge is 2.22. The molecular formula is C15H27N5O. The number of nitrogens with zero attached hydrogens (tertiary/aromatic N) is 3. The van der Waals surface area contributed by atoms with Crippen LogP contribution in [0.4, 0.5) is 11.6 Å². The van der Waals surface area contributed by atoms with E-state index in [-0.39, 0.29) is 11.5 Å². The highest BCUT2D eigenvalue weighted by Crippen LogP contribution is 2.24. The zero-order valence-electron chi connectivity index (χ0n) is 13.7. The van der Waals surface area contributed by atoms with Crippen molar-refractivity contribution >= 4 is 11.6 Å². The van der Waals surface area contributed by atoms with Crippen LogP contribution in [0, 0.1) is 6.92 Å². The predicted molar refractivity (Wildman–Crippen MR) is 85.6 cm³/mol. The summed E-state index contributed by atoms with van der Waals surface area (Å²) in [6, 6.07) is 0. The molecule has 21 heavy (non-hydrogen) atoms. The lowest BCUT2D eigenvalue weighted by molar-refractivity contribution is -0.0117. The van der Waals surface area contributed by atoms with Crippen LogP contribution in [-0.4, -0.2) is 54.3 Å². The van der Waals surface area contributed by atoms with Gasteiger partial charge in [-0.15, -0.1) is 0 Å². The molecule has 1 saturated heterocycles. The van der Waals surface area contributed by atoms with Gasteiger partial charge in [0.05, 0.1) is 12.7 Å². The number of hydrogen-bond donors (Lipinski definition) is 2. The molecule has 1 aromatic heterocycles. The van der Waals surface area contributed by atoms with Crippen molar-refractivity contribution in [2.75, 3.05) is 44.3 Å². The topological polar surface area (TPSA) is 76.3 Å². The normalized spacial score (nSPS) is 20.5. The Bertz CT molecular complexity index is 498. The van der Waals surface area contributed by atoms with E-state index in [1.165, 1.54) is 0 Å². The Morgan fingerprint density at radius 3 is 2.71 bits per heavy atom. The van der Waals surface area contributed by atoms with Gasteiger partial charge >= 0.3 is 0 Å². The Morgan fingerprint density at radius 1 is 1.38 bits per heavy atom. The van der Waals surface area contributed by atoms with Crippen LogP contribution < -0.4 is 11.1 Å². The van der Waals surface area contributed by atoms with Gasteiger partial charge < -0.3 is 20.7 Å². The Balaban J connectivity index is 2.10. The molecule has 0 aliphatic carbocycles. The van der Waals surface area contributed by atoms with Crippen LogP contribution >= 0.6 is 0 Å². The monoisotopic (exact) mass is 293 g/mol. The van der Waals surface area contributed by atoms with Gasteiger partial charge in [0.15, 0.2) is 0 Å². The van der Waals surface area contributed by atoms with Crippen LogP contribution in [0.2, 0.25) is 0 Å². The zero-order valence-corrected chi connectivity index (χ0v) is 13.7. The van der Waals surface area contributed by atoms with Gasteiger partial charge in [0.2, 0.25) is 0 Å². The fourth-order valence-corrected chi connectivity index (χ4v) is 2.24. The lowest BCUT2D eigenvalue weighted by Gasteiger charge is -2.30. The molecular weight excluding hydrogens is 266 g/mol. The maximum absolute atomic E-state index is 6.02. The number of nitrogens with two attached hydrogens (primary N) is 1. The molecule has 1 unspecified atom stereocenters. The summed E-state index contributed by atoms with van der Waals surface area (Å²) in [5.74, 6) is 2.11. The number of anilines is 2. The van der Waals surface area contributed by atoms with E-state index in [1.54, 1.807) is 0 Å². The van der Waals surface area contributed by atoms with Gasteiger partial charge in [-0.3, -0.25) is 0 Å². The number of rotatable bonds is 3. The summed E-state index contributed by atoms with van der Waals surface area (Å²) >= 11 is 0. The van der Waals surface area contributed by atoms with Gasteiger partial charge in [0.25, 0.3) is 0 Å². The summed E-state index contributed by atoms with van der Waals surface area (Å²) in [4.78, 5) is 11.3. The van der Waals surface area contributed by atoms with Crippen molar-refractivity contribution in [3.8, 4) is 0 Å². The minimum absolute atomic E-state index is 0.125. The molecule has 6 heteroatoms. The second-order valence-corrected chi connectivity index (χ2v) is 6.79. The number of nitrogen functional groups attached to an aromatic ring is 1. The third-order valence-electron chi connectivity index (χ3n) is 3.69. The summed E-state index contributed by atoms with van der Waals surface area (Å²) in [5.41, 5.74) is 6.79. The van der Waals surface area contributed by atoms with E-state index in [1.807, 2.05) is 6.92 Å². The molecule has 118 valence electrons. The highest BCUT2D eigenvalue weighted by molar-refractivity contribution is 5.55. The van der Waals surface area contributed by atoms with E-state index < -0.39 is 0 Å². The number of morpholine rings is 1. The molecule has 0 radical (unpaired) electrons. The Morgan fingerprint density at radius 2 is 2.10 bits per heavy atom. The fourth-order valence-electron chi connectivity index (χ4n) is 2.24. The maximum Gasteiger partial charge on any atom is 0.138 e. The standard InChI is InChI=1S/C15H27N5O/c1-10-12(16)18-14(15(2,3)4)19-13(10)17-8-11-9-20(5)6-7-21-11/h11H,6-9H2,1-5H3,(H3,16,17,18,19). The van der Waals surface area contributed by atoms with Crippen molar-refractivity contribution in [2.45, 2.75) is 39.2 Å². The zero-order chi connectivity index (χ0) is 15.6. The van der Waals surface area contributed by atoms with Crippen LogP contribution in [0.3, 0.4) is 0 Å². The van der Waals surface area contributed by atoms with E-state index in [2.05, 4.69) is 48.0 Å². The van der Waals surface area contributed by atoms with Gasteiger partial charge in [0.1, 0.15) is 17.5 Å². The quantitative estimate of drug-likeness (QED) is 0.877. The summed E-state index contributed by atoms with van der Waals surface area (Å²) in [7, 11) is 2.11. The molecule has 0 spiro atoms. The number of aromatic nitrogens is 2. The first-order valence-corrected chi connectivity index (χ1v) is 7.46. The summed E-state index contributed by atoms with van der Waals surface area (Å²) in [6.45, 7) is 11.6. The first kappa shape index (κ1) is 16.0. The van der Waals surface area contributed by atoms with E-state index in [0.717, 1.165) is 43.4 Å². The maximum atomic E-state index is 6.02. The number of ether oxygens (including phenoxy) is 1. The SMILES string of the molecule is Cc1c(N)nc(C(C)(C)C)nc1NCC1CN(C)CCO1. The van der Waals surface area contributed by atoms with Gasteiger partial charge in [-0.2, -0.15) is 0 Å². The number of nitrogens with one attached hydrogen (secondary N) is 1. The molecule has 0 amide bonds. The van der Waals surface area contributed by atoms with Crippen molar-refractivity contribution in [3.63, 3.8) is 0 Å². The fraction of sp³-hybridized carbons (Fsp3) is 0.733. The number of likely N-dealkylation sites (N-methyl/N-ethyl adjacent to an activating group) is 1. The smallest absolute Gasteiger partial charge is 0.138 e. The summed E-state index contributed by atoms with van der Waals surface area (Å²) in [6.07, 6.45) is 0.178. The van der Waals surface area contributed by atoms with Crippen LogP contribution in [0.1, 0.15) is 32.2 Å². The van der Waals surface area contributed by atoms with E-state index >= 15 is 0 Å². The number of hydrogen-bond acceptors (Lipinski definition) is 6. The second-order valence-electron chi connectivity index (χ2n) is 6.79. The Hall–Kier alpha value is -1.40. The van der Waals surface area contributed by atoms with E-state index in [9.17, 15) is 0 Å². The van der Waals surface area contributed by atoms with Gasteiger partial charge in [-0.05, 0) is 14.0 Å². The van der Waals surface area contributed by atoms with Crippen molar-refractivity contribution in [3.05, 3.63) is 11.4 Å². The predicted octanol–water partition coefficient (Wildman–Crippen LogP) is 1.41. The first-order chi connectivity index (χ1) is 9.77. The van der Waals surface area contributed by atoms with Crippen LogP contribution in [0.25, 0.3) is 0 Å². The first-order valence-electron chi connectivity index (χ1n) is 7.46. The largest absolute Gasteiger partial charge is 0.383 e. The minimum atomic E-state index is -0.125. The van der Waals surface area contributed by atoms with Crippen molar-refractivity contribution in [1.29, 1.82) is 0 Å². The molecule has 1 atom stereocenters. The average molecular weight is 293 g/mol. The van der Waals surface area contributed by atoms with Crippen LogP contribution in [0.15, 0.2) is 0 Å². The lowest BCUT2D eigenvalue weighted by atomic mass is 9.95. The molecule has 1 aliphatic heterocycles. The second kappa shape index (κ2) is 6.15. The third-order valence-corrected chi connectivity index (χ3v) is 3.69. The molecule has 3 N–H and O–H groups in total. The average Bonchev–Trinajstić information content (AvgIpc) is 2.39. The van der Waals surface area contributed by atoms with Gasteiger partial charge in [-0.1, -0.05) is 20.8 Å². The summed E-state index contributed by atoms with van der Waals surface area (Å²) in [5, 5.41) is 3.37.